The van der Waals surface area contributed by atoms with Crippen LogP contribution in [0.15, 0.2) is 41.1 Å². The van der Waals surface area contributed by atoms with Crippen LogP contribution in [0.2, 0.25) is 0 Å². The Morgan fingerprint density at radius 2 is 1.79 bits per heavy atom. The first-order valence-corrected chi connectivity index (χ1v) is 7.64. The Morgan fingerprint density at radius 3 is 2.37 bits per heavy atom. The summed E-state index contributed by atoms with van der Waals surface area (Å²) in [6.07, 6.45) is 4.60. The summed E-state index contributed by atoms with van der Waals surface area (Å²) in [5.41, 5.74) is 4.01. The van der Waals surface area contributed by atoms with E-state index in [9.17, 15) is 0 Å². The minimum Gasteiger partial charge on any atom is -0.355 e. The zero-order chi connectivity index (χ0) is 13.2. The lowest BCUT2D eigenvalue weighted by atomic mass is 9.89. The van der Waals surface area contributed by atoms with E-state index in [1.165, 1.54) is 42.6 Å². The lowest BCUT2D eigenvalue weighted by Gasteiger charge is -2.29. The second kappa shape index (κ2) is 5.51. The minimum atomic E-state index is 0.739. The smallest absolute Gasteiger partial charge is 0.0826 e. The van der Waals surface area contributed by atoms with E-state index >= 15 is 0 Å². The zero-order valence-corrected chi connectivity index (χ0v) is 12.8. The summed E-state index contributed by atoms with van der Waals surface area (Å²) in [7, 11) is 2.21. The van der Waals surface area contributed by atoms with E-state index in [0.717, 1.165) is 10.5 Å². The summed E-state index contributed by atoms with van der Waals surface area (Å²) in [5.74, 6) is 0.739. The Hall–Kier alpha value is -1.06. The van der Waals surface area contributed by atoms with Crippen molar-refractivity contribution < 1.29 is 0 Å². The molecule has 2 nitrogen and oxygen atoms in total. The second-order valence-corrected chi connectivity index (χ2v) is 6.29. The number of piperidine rings is 1. The van der Waals surface area contributed by atoms with Gasteiger partial charge in [0, 0.05) is 11.8 Å². The third-order valence-corrected chi connectivity index (χ3v) is 4.54. The van der Waals surface area contributed by atoms with E-state index in [0.29, 0.717) is 0 Å². The number of nitrogens with zero attached hydrogens (tertiary/aromatic N) is 1. The van der Waals surface area contributed by atoms with Crippen LogP contribution in [0.25, 0.3) is 11.1 Å². The van der Waals surface area contributed by atoms with Gasteiger partial charge < -0.3 is 9.88 Å². The highest BCUT2D eigenvalue weighted by molar-refractivity contribution is 9.10. The maximum atomic E-state index is 3.45. The summed E-state index contributed by atoms with van der Waals surface area (Å²) in [6.45, 7) is 2.44. The minimum absolute atomic E-state index is 0.739. The number of nitrogens with one attached hydrogen (secondary N) is 1. The fourth-order valence-corrected chi connectivity index (χ4v) is 3.18. The molecule has 1 saturated heterocycles. The molecule has 0 atom stereocenters. The predicted octanol–water partition coefficient (Wildman–Crippen LogP) is 4.25. The van der Waals surface area contributed by atoms with Gasteiger partial charge in [0.05, 0.1) is 4.60 Å². The summed E-state index contributed by atoms with van der Waals surface area (Å²) >= 11 is 3.45. The molecule has 2 aromatic rings. The highest BCUT2D eigenvalue weighted by Crippen LogP contribution is 2.30. The monoisotopic (exact) mass is 318 g/mol. The Kier molecular flexibility index (Phi) is 3.76. The number of hydrogen-bond acceptors (Lipinski definition) is 1. The molecule has 19 heavy (non-hydrogen) atoms. The second-order valence-electron chi connectivity index (χ2n) is 5.44. The van der Waals surface area contributed by atoms with Gasteiger partial charge in [-0.2, -0.15) is 0 Å². The number of benzene rings is 1. The van der Waals surface area contributed by atoms with Gasteiger partial charge in [0.2, 0.25) is 0 Å². The number of H-pyrrole nitrogens is 1. The number of aromatic nitrogens is 1. The van der Waals surface area contributed by atoms with Crippen molar-refractivity contribution in [3.63, 3.8) is 0 Å². The van der Waals surface area contributed by atoms with Crippen LogP contribution >= 0.6 is 15.9 Å². The number of rotatable bonds is 2. The first kappa shape index (κ1) is 12.9. The van der Waals surface area contributed by atoms with Crippen LogP contribution in [0.4, 0.5) is 0 Å². The van der Waals surface area contributed by atoms with E-state index in [-0.39, 0.29) is 0 Å². The van der Waals surface area contributed by atoms with Crippen LogP contribution in [0.3, 0.4) is 0 Å². The molecule has 0 spiro atoms. The van der Waals surface area contributed by atoms with Crippen LogP contribution in [0.1, 0.15) is 24.3 Å². The van der Waals surface area contributed by atoms with Gasteiger partial charge in [-0.25, -0.2) is 0 Å². The number of hydrogen-bond donors (Lipinski definition) is 1. The molecule has 0 radical (unpaired) electrons. The quantitative estimate of drug-likeness (QED) is 0.876. The molecule has 1 fully saturated rings. The first-order valence-electron chi connectivity index (χ1n) is 6.85. The van der Waals surface area contributed by atoms with Crippen LogP contribution in [-0.2, 0) is 0 Å². The van der Waals surface area contributed by atoms with Gasteiger partial charge in [-0.15, -0.1) is 0 Å². The Labute approximate surface area is 123 Å². The third-order valence-electron chi connectivity index (χ3n) is 4.08. The van der Waals surface area contributed by atoms with Gasteiger partial charge in [0.15, 0.2) is 0 Å². The summed E-state index contributed by atoms with van der Waals surface area (Å²) in [6, 6.07) is 11.2. The molecule has 1 aromatic heterocycles. The molecule has 1 aliphatic rings. The van der Waals surface area contributed by atoms with Gasteiger partial charge >= 0.3 is 0 Å². The van der Waals surface area contributed by atoms with Crippen LogP contribution in [-0.4, -0.2) is 30.0 Å². The van der Waals surface area contributed by atoms with Crippen molar-refractivity contribution in [1.29, 1.82) is 0 Å². The van der Waals surface area contributed by atoms with Crippen molar-refractivity contribution in [3.8, 4) is 11.1 Å². The first-order chi connectivity index (χ1) is 9.22. The van der Waals surface area contributed by atoms with Crippen molar-refractivity contribution in [3.05, 3.63) is 46.7 Å². The Balaban J connectivity index is 1.75. The van der Waals surface area contributed by atoms with E-state index in [1.54, 1.807) is 0 Å². The van der Waals surface area contributed by atoms with E-state index < -0.39 is 0 Å². The fourth-order valence-electron chi connectivity index (χ4n) is 2.82. The van der Waals surface area contributed by atoms with Crippen LogP contribution < -0.4 is 0 Å². The molecule has 1 N–H and O–H groups in total. The standard InChI is InChI=1S/C16H19BrN2/c1-19-8-6-14(7-9-19)12-2-4-13(5-3-12)15-10-16(17)18-11-15/h2-5,10-11,14,18H,6-9H2,1H3. The highest BCUT2D eigenvalue weighted by atomic mass is 79.9. The molecule has 0 amide bonds. The average molecular weight is 319 g/mol. The Morgan fingerprint density at radius 1 is 1.11 bits per heavy atom. The number of halogens is 1. The van der Waals surface area contributed by atoms with Gasteiger partial charge in [0.25, 0.3) is 0 Å². The largest absolute Gasteiger partial charge is 0.355 e. The topological polar surface area (TPSA) is 19.0 Å². The lowest BCUT2D eigenvalue weighted by Crippen LogP contribution is -2.29. The van der Waals surface area contributed by atoms with Gasteiger partial charge in [-0.1, -0.05) is 24.3 Å². The molecule has 0 unspecified atom stereocenters. The lowest BCUT2D eigenvalue weighted by molar-refractivity contribution is 0.255. The number of aromatic amines is 1. The van der Waals surface area contributed by atoms with E-state index in [4.69, 9.17) is 0 Å². The molecule has 1 aliphatic heterocycles. The molecular formula is C16H19BrN2. The van der Waals surface area contributed by atoms with Crippen LogP contribution in [0, 0.1) is 0 Å². The molecule has 1 aromatic carbocycles. The molecule has 100 valence electrons. The van der Waals surface area contributed by atoms with Crippen molar-refractivity contribution in [2.75, 3.05) is 20.1 Å². The maximum Gasteiger partial charge on any atom is 0.0826 e. The molecule has 0 saturated carbocycles. The van der Waals surface area contributed by atoms with Gasteiger partial charge in [-0.3, -0.25) is 0 Å². The predicted molar refractivity (Wildman–Crippen MR) is 83.4 cm³/mol. The van der Waals surface area contributed by atoms with Gasteiger partial charge in [0.1, 0.15) is 0 Å². The van der Waals surface area contributed by atoms with Crippen molar-refractivity contribution >= 4 is 15.9 Å². The fraction of sp³-hybridized carbons (Fsp3) is 0.375. The summed E-state index contributed by atoms with van der Waals surface area (Å²) in [4.78, 5) is 5.58. The molecule has 0 aliphatic carbocycles. The molecule has 3 rings (SSSR count). The SMILES string of the molecule is CN1CCC(c2ccc(-c3c[nH]c(Br)c3)cc2)CC1. The van der Waals surface area contributed by atoms with E-state index in [2.05, 4.69) is 63.2 Å². The molecule has 0 bridgehead atoms. The van der Waals surface area contributed by atoms with Crippen molar-refractivity contribution in [2.24, 2.45) is 0 Å². The van der Waals surface area contributed by atoms with E-state index in [1.807, 2.05) is 6.20 Å². The summed E-state index contributed by atoms with van der Waals surface area (Å²) < 4.78 is 1.03. The van der Waals surface area contributed by atoms with Crippen molar-refractivity contribution in [2.45, 2.75) is 18.8 Å². The van der Waals surface area contributed by atoms with Gasteiger partial charge in [-0.05, 0) is 72.0 Å². The maximum absolute atomic E-state index is 3.45. The number of likely N-dealkylation sites (tertiary alicyclic amines) is 1. The zero-order valence-electron chi connectivity index (χ0n) is 11.2. The third kappa shape index (κ3) is 2.93. The summed E-state index contributed by atoms with van der Waals surface area (Å²) in [5, 5.41) is 0. The molecular weight excluding hydrogens is 300 g/mol. The molecule has 2 heterocycles. The molecule has 3 heteroatoms. The Bertz CT molecular complexity index is 536. The van der Waals surface area contributed by atoms with Crippen molar-refractivity contribution in [1.82, 2.24) is 9.88 Å². The normalized spacial score (nSPS) is 17.8. The van der Waals surface area contributed by atoms with Crippen LogP contribution in [0.5, 0.6) is 0 Å². The average Bonchev–Trinajstić information content (AvgIpc) is 2.87. The highest BCUT2D eigenvalue weighted by Gasteiger charge is 2.18.